The molecule has 2 fully saturated rings. The van der Waals surface area contributed by atoms with E-state index in [1.807, 2.05) is 0 Å². The van der Waals surface area contributed by atoms with Crippen molar-refractivity contribution < 1.29 is 18.0 Å². The van der Waals surface area contributed by atoms with Gasteiger partial charge in [0.25, 0.3) is 5.91 Å². The average Bonchev–Trinajstić information content (AvgIpc) is 3.55. The van der Waals surface area contributed by atoms with Gasteiger partial charge in [0.15, 0.2) is 9.84 Å². The Morgan fingerprint density at radius 3 is 2.59 bits per heavy atom. The Morgan fingerprint density at radius 2 is 1.97 bits per heavy atom. The van der Waals surface area contributed by atoms with Crippen LogP contribution in [-0.4, -0.2) is 55.1 Å². The molecule has 200 valence electrons. The molecule has 1 aromatic heterocycles. The average molecular weight is 528 g/mol. The normalized spacial score (nSPS) is 20.7. The number of nitrogens with one attached hydrogen (secondary N) is 2. The fourth-order valence-corrected chi connectivity index (χ4v) is 6.11. The van der Waals surface area contributed by atoms with Crippen molar-refractivity contribution in [1.82, 2.24) is 15.1 Å². The van der Waals surface area contributed by atoms with Gasteiger partial charge in [-0.3, -0.25) is 9.59 Å². The van der Waals surface area contributed by atoms with E-state index in [4.69, 9.17) is 5.10 Å². The van der Waals surface area contributed by atoms with E-state index < -0.39 is 21.5 Å². The number of sulfone groups is 1. The molecular formula is C27H37N5O4S. The molecule has 37 heavy (non-hydrogen) atoms. The van der Waals surface area contributed by atoms with E-state index in [1.165, 1.54) is 24.1 Å². The minimum Gasteiger partial charge on any atom is -0.370 e. The Bertz CT molecular complexity index is 1330. The number of aryl methyl sites for hydroxylation is 2. The van der Waals surface area contributed by atoms with E-state index >= 15 is 0 Å². The number of benzene rings is 1. The lowest BCUT2D eigenvalue weighted by Crippen LogP contribution is -2.53. The maximum absolute atomic E-state index is 13.4. The number of carbonyl (C=O) groups excluding carboxylic acids is 2. The van der Waals surface area contributed by atoms with Crippen LogP contribution in [0.1, 0.15) is 73.3 Å². The van der Waals surface area contributed by atoms with E-state index in [1.54, 1.807) is 4.68 Å². The molecule has 1 saturated heterocycles. The number of fused-ring (bicyclic) bond motifs is 1. The van der Waals surface area contributed by atoms with Crippen molar-refractivity contribution >= 4 is 33.2 Å². The van der Waals surface area contributed by atoms with Crippen LogP contribution in [-0.2, 0) is 34.0 Å². The third kappa shape index (κ3) is 5.68. The number of nitrogens with zero attached hydrogens (tertiary/aromatic N) is 3. The zero-order chi connectivity index (χ0) is 26.5. The molecule has 10 heteroatoms. The largest absolute Gasteiger partial charge is 0.370 e. The summed E-state index contributed by atoms with van der Waals surface area (Å²) < 4.78 is 25.0. The van der Waals surface area contributed by atoms with Gasteiger partial charge in [0.05, 0.1) is 11.7 Å². The van der Waals surface area contributed by atoms with Crippen LogP contribution in [0.3, 0.4) is 0 Å². The lowest BCUT2D eigenvalue weighted by Gasteiger charge is -2.47. The summed E-state index contributed by atoms with van der Waals surface area (Å²) in [6, 6.07) is 6.27. The van der Waals surface area contributed by atoms with Gasteiger partial charge in [-0.2, -0.15) is 5.10 Å². The predicted octanol–water partition coefficient (Wildman–Crippen LogP) is 3.10. The Labute approximate surface area is 218 Å². The molecule has 2 aromatic rings. The highest BCUT2D eigenvalue weighted by atomic mass is 32.2. The fourth-order valence-electron chi connectivity index (χ4n) is 5.57. The highest BCUT2D eigenvalue weighted by Crippen LogP contribution is 2.38. The van der Waals surface area contributed by atoms with Gasteiger partial charge in [0.1, 0.15) is 17.1 Å². The maximum Gasteiger partial charge on any atom is 0.257 e. The Kier molecular flexibility index (Phi) is 6.58. The quantitative estimate of drug-likeness (QED) is 0.518. The summed E-state index contributed by atoms with van der Waals surface area (Å²) in [5.74, 6) is -0.656. The van der Waals surface area contributed by atoms with Crippen LogP contribution in [0.15, 0.2) is 18.2 Å². The van der Waals surface area contributed by atoms with Crippen LogP contribution in [0.4, 0.5) is 11.5 Å². The molecule has 9 nitrogen and oxygen atoms in total. The first kappa shape index (κ1) is 25.8. The molecule has 0 radical (unpaired) electrons. The number of anilines is 2. The number of rotatable bonds is 9. The molecule has 2 N–H and O–H groups in total. The third-order valence-corrected chi connectivity index (χ3v) is 8.32. The zero-order valence-electron chi connectivity index (χ0n) is 22.1. The van der Waals surface area contributed by atoms with E-state index in [0.717, 1.165) is 37.8 Å². The Hall–Kier alpha value is -2.88. The van der Waals surface area contributed by atoms with Gasteiger partial charge < -0.3 is 15.5 Å². The van der Waals surface area contributed by atoms with Crippen molar-refractivity contribution in [3.05, 3.63) is 40.6 Å². The second-order valence-corrected chi connectivity index (χ2v) is 13.9. The summed E-state index contributed by atoms with van der Waals surface area (Å²) in [6.07, 6.45) is 5.66. The number of hydrogen-bond acceptors (Lipinski definition) is 6. The molecule has 0 unspecified atom stereocenters. The lowest BCUT2D eigenvalue weighted by molar-refractivity contribution is -0.113. The summed E-state index contributed by atoms with van der Waals surface area (Å²) in [5, 5.41) is 10.6. The van der Waals surface area contributed by atoms with Crippen LogP contribution in [0, 0.1) is 11.3 Å². The first-order chi connectivity index (χ1) is 17.4. The van der Waals surface area contributed by atoms with Crippen LogP contribution in [0.25, 0.3) is 0 Å². The number of carbonyl (C=O) groups is 2. The van der Waals surface area contributed by atoms with Gasteiger partial charge in [-0.05, 0) is 47.4 Å². The molecular weight excluding hydrogens is 490 g/mol. The van der Waals surface area contributed by atoms with Crippen LogP contribution >= 0.6 is 0 Å². The van der Waals surface area contributed by atoms with Gasteiger partial charge in [0.2, 0.25) is 5.91 Å². The van der Waals surface area contributed by atoms with Crippen molar-refractivity contribution in [2.45, 2.75) is 65.5 Å². The van der Waals surface area contributed by atoms with E-state index in [9.17, 15) is 18.0 Å². The molecule has 2 amide bonds. The second-order valence-electron chi connectivity index (χ2n) is 11.7. The molecule has 3 aliphatic rings. The number of hydrogen-bond donors (Lipinski definition) is 2. The van der Waals surface area contributed by atoms with Crippen molar-refractivity contribution in [3.63, 3.8) is 0 Å². The third-order valence-electron chi connectivity index (χ3n) is 7.54. The van der Waals surface area contributed by atoms with E-state index in [-0.39, 0.29) is 11.9 Å². The first-order valence-electron chi connectivity index (χ1n) is 13.2. The minimum absolute atomic E-state index is 0.219. The summed E-state index contributed by atoms with van der Waals surface area (Å²) in [4.78, 5) is 28.2. The summed E-state index contributed by atoms with van der Waals surface area (Å²) in [5.41, 5.74) is 4.81. The molecule has 2 aliphatic heterocycles. The standard InChI is InChI=1S/C27H37N5O4S/c1-5-18-12-19(31-15-27(2,3)16-31)8-9-20(18)21-13-22-24(26(34)28-21)25(29-23(33)14-37(4,35)36)32(30-22)11-10-17-6-7-17/h8-9,12,17,21H,5-7,10-11,13-16H2,1-4H3,(H,28,34)(H,29,33)/t21-/m1/s1. The predicted molar refractivity (Wildman–Crippen MR) is 144 cm³/mol. The molecule has 3 heterocycles. The highest BCUT2D eigenvalue weighted by molar-refractivity contribution is 7.91. The minimum atomic E-state index is -3.50. The van der Waals surface area contributed by atoms with Gasteiger partial charge in [-0.1, -0.05) is 39.7 Å². The lowest BCUT2D eigenvalue weighted by atomic mass is 9.83. The Morgan fingerprint density at radius 1 is 1.24 bits per heavy atom. The van der Waals surface area contributed by atoms with Crippen molar-refractivity contribution in [2.75, 3.05) is 35.3 Å². The fraction of sp³-hybridized carbons (Fsp3) is 0.593. The molecule has 1 aliphatic carbocycles. The molecule has 1 aromatic carbocycles. The molecule has 0 spiro atoms. The first-order valence-corrected chi connectivity index (χ1v) is 15.2. The Balaban J connectivity index is 1.41. The summed E-state index contributed by atoms with van der Waals surface area (Å²) >= 11 is 0. The van der Waals surface area contributed by atoms with Gasteiger partial charge >= 0.3 is 0 Å². The number of aromatic nitrogens is 2. The zero-order valence-corrected chi connectivity index (χ0v) is 23.0. The van der Waals surface area contributed by atoms with Gasteiger partial charge in [0, 0.05) is 38.0 Å². The van der Waals surface area contributed by atoms with Gasteiger partial charge in [-0.15, -0.1) is 0 Å². The maximum atomic E-state index is 13.4. The van der Waals surface area contributed by atoms with E-state index in [0.29, 0.717) is 41.4 Å². The highest BCUT2D eigenvalue weighted by Gasteiger charge is 2.36. The molecule has 0 bridgehead atoms. The smallest absolute Gasteiger partial charge is 0.257 e. The van der Waals surface area contributed by atoms with Crippen molar-refractivity contribution in [2.24, 2.45) is 11.3 Å². The monoisotopic (exact) mass is 527 g/mol. The van der Waals surface area contributed by atoms with Gasteiger partial charge in [-0.25, -0.2) is 13.1 Å². The van der Waals surface area contributed by atoms with E-state index in [2.05, 4.69) is 54.5 Å². The van der Waals surface area contributed by atoms with Crippen molar-refractivity contribution in [3.8, 4) is 0 Å². The SMILES string of the molecule is CCc1cc(N2CC(C)(C)C2)ccc1[C@H]1Cc2nn(CCC3CC3)c(NC(=O)CS(C)(=O)=O)c2C(=O)N1. The molecule has 5 rings (SSSR count). The molecule has 1 atom stereocenters. The molecule has 1 saturated carbocycles. The number of amides is 2. The topological polar surface area (TPSA) is 113 Å². The van der Waals surface area contributed by atoms with Crippen LogP contribution < -0.4 is 15.5 Å². The van der Waals surface area contributed by atoms with Crippen LogP contribution in [0.5, 0.6) is 0 Å². The van der Waals surface area contributed by atoms with Crippen LogP contribution in [0.2, 0.25) is 0 Å². The van der Waals surface area contributed by atoms with Crippen molar-refractivity contribution in [1.29, 1.82) is 0 Å². The summed E-state index contributed by atoms with van der Waals surface area (Å²) in [7, 11) is -3.50. The second kappa shape index (κ2) is 9.45. The summed E-state index contributed by atoms with van der Waals surface area (Å²) in [6.45, 7) is 9.31.